The molecule has 0 aliphatic carbocycles. The van der Waals surface area contributed by atoms with Crippen LogP contribution in [0.25, 0.3) is 10.1 Å². The summed E-state index contributed by atoms with van der Waals surface area (Å²) in [6.07, 6.45) is 0.681. The third-order valence-corrected chi connectivity index (χ3v) is 3.27. The van der Waals surface area contributed by atoms with Crippen molar-refractivity contribution in [2.75, 3.05) is 0 Å². The van der Waals surface area contributed by atoms with Crippen LogP contribution in [-0.2, 0) is 0 Å². The van der Waals surface area contributed by atoms with Gasteiger partial charge in [0.05, 0.1) is 5.56 Å². The zero-order valence-electron chi connectivity index (χ0n) is 6.45. The number of fused-ring (bicyclic) bond motifs is 1. The molecule has 1 heterocycles. The van der Waals surface area contributed by atoms with Crippen LogP contribution < -0.4 is 0 Å². The normalized spacial score (nSPS) is 10.5. The van der Waals surface area contributed by atoms with Crippen LogP contribution in [0.3, 0.4) is 0 Å². The van der Waals surface area contributed by atoms with Crippen LogP contribution >= 0.6 is 27.3 Å². The first kappa shape index (κ1) is 8.72. The van der Waals surface area contributed by atoms with Crippen molar-refractivity contribution in [3.63, 3.8) is 0 Å². The molecule has 0 unspecified atom stereocenters. The monoisotopic (exact) mass is 256 g/mol. The van der Waals surface area contributed by atoms with Crippen LogP contribution in [0.5, 0.6) is 5.06 Å². The van der Waals surface area contributed by atoms with Crippen molar-refractivity contribution >= 4 is 43.6 Å². The molecule has 0 amide bonds. The quantitative estimate of drug-likeness (QED) is 0.796. The molecule has 4 heteroatoms. The minimum atomic E-state index is 0.0862. The number of hydrogen-bond acceptors (Lipinski definition) is 3. The first-order valence-corrected chi connectivity index (χ1v) is 5.19. The summed E-state index contributed by atoms with van der Waals surface area (Å²) >= 11 is 4.53. The maximum absolute atomic E-state index is 10.6. The Morgan fingerprint density at radius 1 is 1.46 bits per heavy atom. The van der Waals surface area contributed by atoms with Crippen molar-refractivity contribution in [2.24, 2.45) is 0 Å². The lowest BCUT2D eigenvalue weighted by Gasteiger charge is -1.91. The van der Waals surface area contributed by atoms with Gasteiger partial charge in [0, 0.05) is 14.6 Å². The van der Waals surface area contributed by atoms with Crippen LogP contribution in [0.4, 0.5) is 0 Å². The van der Waals surface area contributed by atoms with Crippen molar-refractivity contribution in [3.8, 4) is 5.06 Å². The molecule has 13 heavy (non-hydrogen) atoms. The average Bonchev–Trinajstić information content (AvgIpc) is 2.40. The molecule has 0 aliphatic rings. The largest absolute Gasteiger partial charge is 0.499 e. The molecule has 0 saturated carbocycles. The van der Waals surface area contributed by atoms with Gasteiger partial charge in [0.2, 0.25) is 0 Å². The summed E-state index contributed by atoms with van der Waals surface area (Å²) in [5.41, 5.74) is 0.376. The third kappa shape index (κ3) is 1.36. The molecule has 1 N–H and O–H groups in total. The van der Waals surface area contributed by atoms with Gasteiger partial charge in [-0.3, -0.25) is 4.79 Å². The third-order valence-electron chi connectivity index (χ3n) is 1.79. The van der Waals surface area contributed by atoms with Crippen molar-refractivity contribution in [2.45, 2.75) is 0 Å². The van der Waals surface area contributed by atoms with Gasteiger partial charge >= 0.3 is 0 Å². The highest BCUT2D eigenvalue weighted by atomic mass is 79.9. The van der Waals surface area contributed by atoms with Gasteiger partial charge in [-0.05, 0) is 18.2 Å². The fourth-order valence-corrected chi connectivity index (χ4v) is 2.44. The highest BCUT2D eigenvalue weighted by Crippen LogP contribution is 2.36. The van der Waals surface area contributed by atoms with E-state index < -0.39 is 0 Å². The zero-order valence-corrected chi connectivity index (χ0v) is 8.85. The summed E-state index contributed by atoms with van der Waals surface area (Å²) in [5, 5.41) is 10.3. The van der Waals surface area contributed by atoms with Crippen LogP contribution in [0.15, 0.2) is 22.7 Å². The van der Waals surface area contributed by atoms with Crippen molar-refractivity contribution in [3.05, 3.63) is 28.2 Å². The second-order valence-electron chi connectivity index (χ2n) is 2.58. The molecule has 2 nitrogen and oxygen atoms in total. The Bertz CT molecular complexity index is 476. The maximum Gasteiger partial charge on any atom is 0.183 e. The minimum absolute atomic E-state index is 0.0862. The summed E-state index contributed by atoms with van der Waals surface area (Å²) < 4.78 is 1.82. The standard InChI is InChI=1S/C9H5BrO2S/c10-5-1-2-8-6(3-5)7(4-11)9(12)13-8/h1-4,12H. The molecule has 0 atom stereocenters. The highest BCUT2D eigenvalue weighted by Gasteiger charge is 2.09. The molecule has 0 fully saturated rings. The molecule has 0 aliphatic heterocycles. The van der Waals surface area contributed by atoms with E-state index in [9.17, 15) is 9.90 Å². The molecular weight excluding hydrogens is 252 g/mol. The van der Waals surface area contributed by atoms with E-state index in [1.807, 2.05) is 18.2 Å². The van der Waals surface area contributed by atoms with Gasteiger partial charge in [-0.15, -0.1) is 0 Å². The number of benzene rings is 1. The summed E-state index contributed by atoms with van der Waals surface area (Å²) in [5.74, 6) is 0. The lowest BCUT2D eigenvalue weighted by Crippen LogP contribution is -1.75. The number of carbonyl (C=O) groups excluding carboxylic acids is 1. The van der Waals surface area contributed by atoms with E-state index in [-0.39, 0.29) is 5.06 Å². The minimum Gasteiger partial charge on any atom is -0.499 e. The molecule has 2 rings (SSSR count). The van der Waals surface area contributed by atoms with Gasteiger partial charge in [0.1, 0.15) is 0 Å². The lowest BCUT2D eigenvalue weighted by molar-refractivity contribution is 0.112. The average molecular weight is 257 g/mol. The molecule has 0 saturated heterocycles. The van der Waals surface area contributed by atoms with Crippen molar-refractivity contribution in [1.29, 1.82) is 0 Å². The van der Waals surface area contributed by atoms with Crippen LogP contribution in [0.1, 0.15) is 10.4 Å². The van der Waals surface area contributed by atoms with Gasteiger partial charge in [0.25, 0.3) is 0 Å². The van der Waals surface area contributed by atoms with E-state index in [4.69, 9.17) is 0 Å². The summed E-state index contributed by atoms with van der Waals surface area (Å²) in [4.78, 5) is 10.6. The Morgan fingerprint density at radius 2 is 2.23 bits per heavy atom. The Morgan fingerprint density at radius 3 is 2.92 bits per heavy atom. The summed E-state index contributed by atoms with van der Waals surface area (Å²) in [7, 11) is 0. The zero-order chi connectivity index (χ0) is 9.42. The van der Waals surface area contributed by atoms with E-state index >= 15 is 0 Å². The second kappa shape index (κ2) is 3.12. The van der Waals surface area contributed by atoms with E-state index in [0.29, 0.717) is 11.8 Å². The fraction of sp³-hybridized carbons (Fsp3) is 0. The van der Waals surface area contributed by atoms with Gasteiger partial charge in [-0.25, -0.2) is 0 Å². The number of aldehydes is 1. The number of thiophene rings is 1. The Balaban J connectivity index is 2.88. The molecule has 0 radical (unpaired) electrons. The Hall–Kier alpha value is -0.870. The molecule has 2 aromatic rings. The SMILES string of the molecule is O=Cc1c(O)sc2ccc(Br)cc12. The predicted octanol–water partition coefficient (Wildman–Crippen LogP) is 3.18. The fourth-order valence-electron chi connectivity index (χ4n) is 1.19. The molecule has 66 valence electrons. The first-order chi connectivity index (χ1) is 6.22. The topological polar surface area (TPSA) is 37.3 Å². The highest BCUT2D eigenvalue weighted by molar-refractivity contribution is 9.10. The van der Waals surface area contributed by atoms with Gasteiger partial charge in [-0.1, -0.05) is 27.3 Å². The van der Waals surface area contributed by atoms with E-state index in [2.05, 4.69) is 15.9 Å². The van der Waals surface area contributed by atoms with E-state index in [1.54, 1.807) is 0 Å². The van der Waals surface area contributed by atoms with Crippen molar-refractivity contribution < 1.29 is 9.90 Å². The van der Waals surface area contributed by atoms with Crippen molar-refractivity contribution in [1.82, 2.24) is 0 Å². The second-order valence-corrected chi connectivity index (χ2v) is 4.53. The van der Waals surface area contributed by atoms with Gasteiger partial charge in [-0.2, -0.15) is 0 Å². The van der Waals surface area contributed by atoms with Crippen LogP contribution in [0.2, 0.25) is 0 Å². The van der Waals surface area contributed by atoms with Gasteiger partial charge < -0.3 is 5.11 Å². The molecular formula is C9H5BrO2S. The summed E-state index contributed by atoms with van der Waals surface area (Å²) in [6.45, 7) is 0. The number of halogens is 1. The van der Waals surface area contributed by atoms with Crippen LogP contribution in [0, 0.1) is 0 Å². The summed E-state index contributed by atoms with van der Waals surface area (Å²) in [6, 6.07) is 5.58. The molecule has 0 bridgehead atoms. The first-order valence-electron chi connectivity index (χ1n) is 3.58. The lowest BCUT2D eigenvalue weighted by atomic mass is 10.2. The van der Waals surface area contributed by atoms with Crippen LogP contribution in [-0.4, -0.2) is 11.4 Å². The molecule has 1 aromatic carbocycles. The Kier molecular flexibility index (Phi) is 2.09. The Labute approximate surface area is 86.9 Å². The van der Waals surface area contributed by atoms with Gasteiger partial charge in [0.15, 0.2) is 11.3 Å². The molecule has 1 aromatic heterocycles. The maximum atomic E-state index is 10.6. The number of carbonyl (C=O) groups is 1. The number of aromatic hydroxyl groups is 1. The predicted molar refractivity (Wildman–Crippen MR) is 56.6 cm³/mol. The molecule has 0 spiro atoms. The number of hydrogen-bond donors (Lipinski definition) is 1. The van der Waals surface area contributed by atoms with E-state index in [1.165, 1.54) is 11.3 Å². The van der Waals surface area contributed by atoms with E-state index in [0.717, 1.165) is 14.6 Å². The number of rotatable bonds is 1. The smallest absolute Gasteiger partial charge is 0.183 e.